The molecule has 0 spiro atoms. The first-order chi connectivity index (χ1) is 10.8. The van der Waals surface area contributed by atoms with Crippen LogP contribution in [-0.2, 0) is 16.4 Å². The molecule has 120 valence electrons. The minimum absolute atomic E-state index is 0.224. The molecule has 0 amide bonds. The van der Waals surface area contributed by atoms with Crippen molar-refractivity contribution < 1.29 is 8.42 Å². The molecule has 0 aliphatic carbocycles. The quantitative estimate of drug-likeness (QED) is 0.799. The van der Waals surface area contributed by atoms with Gasteiger partial charge in [-0.05, 0) is 51.0 Å². The lowest BCUT2D eigenvalue weighted by molar-refractivity contribution is 0.586. The zero-order chi connectivity index (χ0) is 16.8. The van der Waals surface area contributed by atoms with E-state index in [-0.39, 0.29) is 6.04 Å². The Balaban J connectivity index is 2.15. The molecule has 1 aliphatic heterocycles. The summed E-state index contributed by atoms with van der Waals surface area (Å²) in [5.74, 6) is 0. The molecule has 2 aromatic carbocycles. The van der Waals surface area contributed by atoms with E-state index in [0.29, 0.717) is 11.3 Å². The molecule has 0 saturated heterocycles. The number of nitrogens with zero attached hydrogens (tertiary/aromatic N) is 1. The zero-order valence-electron chi connectivity index (χ0n) is 13.7. The Morgan fingerprint density at radius 2 is 1.70 bits per heavy atom. The highest BCUT2D eigenvalue weighted by molar-refractivity contribution is 7.92. The first kappa shape index (κ1) is 15.8. The van der Waals surface area contributed by atoms with E-state index < -0.39 is 10.0 Å². The van der Waals surface area contributed by atoms with Crippen LogP contribution in [0.1, 0.15) is 23.6 Å². The van der Waals surface area contributed by atoms with Crippen molar-refractivity contribution in [3.8, 4) is 0 Å². The van der Waals surface area contributed by atoms with E-state index in [1.807, 2.05) is 45.0 Å². The van der Waals surface area contributed by atoms with Gasteiger partial charge in [-0.3, -0.25) is 4.31 Å². The number of rotatable bonds is 3. The minimum Gasteiger partial charge on any atom is -0.259 e. The highest BCUT2D eigenvalue weighted by Gasteiger charge is 2.38. The summed E-state index contributed by atoms with van der Waals surface area (Å²) in [7, 11) is -3.60. The third kappa shape index (κ3) is 2.68. The fourth-order valence-corrected chi connectivity index (χ4v) is 4.78. The van der Waals surface area contributed by atoms with E-state index >= 15 is 0 Å². The second-order valence-electron chi connectivity index (χ2n) is 6.31. The number of sulfonamides is 1. The van der Waals surface area contributed by atoms with Crippen molar-refractivity contribution >= 4 is 15.7 Å². The third-order valence-corrected chi connectivity index (χ3v) is 6.15. The van der Waals surface area contributed by atoms with Crippen LogP contribution < -0.4 is 4.31 Å². The van der Waals surface area contributed by atoms with Gasteiger partial charge < -0.3 is 0 Å². The van der Waals surface area contributed by atoms with Crippen LogP contribution in [0.3, 0.4) is 0 Å². The van der Waals surface area contributed by atoms with Crippen molar-refractivity contribution in [1.29, 1.82) is 0 Å². The normalized spacial score (nSPS) is 17.2. The number of hydrogen-bond donors (Lipinski definition) is 0. The average molecular weight is 327 g/mol. The first-order valence-electron chi connectivity index (χ1n) is 7.67. The second kappa shape index (κ2) is 5.53. The van der Waals surface area contributed by atoms with Crippen LogP contribution in [-0.4, -0.2) is 14.5 Å². The molecule has 3 rings (SSSR count). The van der Waals surface area contributed by atoms with Gasteiger partial charge in [0.05, 0.1) is 16.6 Å². The minimum atomic E-state index is -3.60. The summed E-state index contributed by atoms with van der Waals surface area (Å²) < 4.78 is 27.9. The van der Waals surface area contributed by atoms with Gasteiger partial charge in [0.1, 0.15) is 0 Å². The van der Waals surface area contributed by atoms with Crippen LogP contribution >= 0.6 is 0 Å². The Bertz CT molecular complexity index is 867. The highest BCUT2D eigenvalue weighted by Crippen LogP contribution is 2.39. The Hall–Kier alpha value is -2.07. The van der Waals surface area contributed by atoms with E-state index in [0.717, 1.165) is 28.0 Å². The molecule has 3 nitrogen and oxygen atoms in total. The summed E-state index contributed by atoms with van der Waals surface area (Å²) >= 11 is 0. The maximum Gasteiger partial charge on any atom is 0.264 e. The van der Waals surface area contributed by atoms with Crippen molar-refractivity contribution in [2.45, 2.75) is 38.1 Å². The van der Waals surface area contributed by atoms with Gasteiger partial charge in [0.15, 0.2) is 0 Å². The Morgan fingerprint density at radius 1 is 1.09 bits per heavy atom. The molecule has 0 radical (unpaired) electrons. The predicted molar refractivity (Wildman–Crippen MR) is 94.3 cm³/mol. The molecule has 0 aromatic heterocycles. The second-order valence-corrected chi connectivity index (χ2v) is 8.13. The molecule has 1 aliphatic rings. The molecule has 1 atom stereocenters. The van der Waals surface area contributed by atoms with Gasteiger partial charge in [0.25, 0.3) is 10.0 Å². The van der Waals surface area contributed by atoms with Crippen LogP contribution in [0.5, 0.6) is 0 Å². The van der Waals surface area contributed by atoms with Crippen molar-refractivity contribution in [3.63, 3.8) is 0 Å². The number of benzene rings is 2. The first-order valence-corrected chi connectivity index (χ1v) is 9.11. The molecule has 2 aromatic rings. The largest absolute Gasteiger partial charge is 0.264 e. The number of aryl methyl sites for hydroxylation is 2. The fourth-order valence-electron chi connectivity index (χ4n) is 3.05. The number of anilines is 1. The SMILES string of the molecule is C=C(C)C1Cc2cc(C)ccc2N1S(=O)(=O)c1ccc(C)cc1. The summed E-state index contributed by atoms with van der Waals surface area (Å²) in [4.78, 5) is 0.322. The maximum atomic E-state index is 13.2. The summed E-state index contributed by atoms with van der Waals surface area (Å²) in [5, 5.41) is 0. The van der Waals surface area contributed by atoms with E-state index in [4.69, 9.17) is 0 Å². The summed E-state index contributed by atoms with van der Waals surface area (Å²) in [6.45, 7) is 9.86. The van der Waals surface area contributed by atoms with Gasteiger partial charge in [0.2, 0.25) is 0 Å². The van der Waals surface area contributed by atoms with Crippen molar-refractivity contribution in [3.05, 3.63) is 71.3 Å². The average Bonchev–Trinajstić information content (AvgIpc) is 2.87. The Morgan fingerprint density at radius 3 is 2.30 bits per heavy atom. The Labute approximate surface area is 138 Å². The number of hydrogen-bond acceptors (Lipinski definition) is 2. The van der Waals surface area contributed by atoms with E-state index in [2.05, 4.69) is 12.6 Å². The van der Waals surface area contributed by atoms with Gasteiger partial charge in [-0.25, -0.2) is 8.42 Å². The molecule has 1 unspecified atom stereocenters. The van der Waals surface area contributed by atoms with Crippen molar-refractivity contribution in [2.75, 3.05) is 4.31 Å². The molecule has 1 heterocycles. The summed E-state index contributed by atoms with van der Waals surface area (Å²) in [6, 6.07) is 12.7. The maximum absolute atomic E-state index is 13.2. The van der Waals surface area contributed by atoms with Crippen LogP contribution in [0.25, 0.3) is 0 Å². The van der Waals surface area contributed by atoms with Gasteiger partial charge in [-0.15, -0.1) is 0 Å². The lowest BCUT2D eigenvalue weighted by Crippen LogP contribution is -2.38. The fraction of sp³-hybridized carbons (Fsp3) is 0.263. The highest BCUT2D eigenvalue weighted by atomic mass is 32.2. The van der Waals surface area contributed by atoms with Gasteiger partial charge in [-0.1, -0.05) is 47.5 Å². The van der Waals surface area contributed by atoms with Crippen LogP contribution in [0.15, 0.2) is 59.5 Å². The lowest BCUT2D eigenvalue weighted by atomic mass is 10.0. The van der Waals surface area contributed by atoms with Gasteiger partial charge >= 0.3 is 0 Å². The molecular formula is C19H21NO2S. The van der Waals surface area contributed by atoms with Crippen molar-refractivity contribution in [1.82, 2.24) is 0 Å². The molecule has 0 saturated carbocycles. The standard InChI is InChI=1S/C19H21NO2S/c1-13(2)19-12-16-11-15(4)7-10-18(16)20(19)23(21,22)17-8-5-14(3)6-9-17/h5-11,19H,1,12H2,2-4H3. The molecule has 4 heteroatoms. The lowest BCUT2D eigenvalue weighted by Gasteiger charge is -2.27. The molecule has 0 fully saturated rings. The van der Waals surface area contributed by atoms with E-state index in [1.54, 1.807) is 12.1 Å². The van der Waals surface area contributed by atoms with Crippen LogP contribution in [0.4, 0.5) is 5.69 Å². The summed E-state index contributed by atoms with van der Waals surface area (Å²) in [6.07, 6.45) is 0.678. The van der Waals surface area contributed by atoms with E-state index in [1.165, 1.54) is 4.31 Å². The van der Waals surface area contributed by atoms with Gasteiger partial charge in [-0.2, -0.15) is 0 Å². The van der Waals surface area contributed by atoms with Crippen LogP contribution in [0.2, 0.25) is 0 Å². The van der Waals surface area contributed by atoms with Gasteiger partial charge in [0, 0.05) is 0 Å². The monoisotopic (exact) mass is 327 g/mol. The zero-order valence-corrected chi connectivity index (χ0v) is 14.5. The third-order valence-electron chi connectivity index (χ3n) is 4.32. The topological polar surface area (TPSA) is 37.4 Å². The molecule has 0 N–H and O–H groups in total. The van der Waals surface area contributed by atoms with E-state index in [9.17, 15) is 8.42 Å². The molecular weight excluding hydrogens is 306 g/mol. The Kier molecular flexibility index (Phi) is 3.80. The van der Waals surface area contributed by atoms with Crippen molar-refractivity contribution in [2.24, 2.45) is 0 Å². The molecule has 23 heavy (non-hydrogen) atoms. The number of fused-ring (bicyclic) bond motifs is 1. The predicted octanol–water partition coefficient (Wildman–Crippen LogP) is 4.00. The summed E-state index contributed by atoms with van der Waals surface area (Å²) in [5.41, 5.74) is 4.86. The smallest absolute Gasteiger partial charge is 0.259 e. The molecule has 0 bridgehead atoms. The van der Waals surface area contributed by atoms with Crippen LogP contribution in [0, 0.1) is 13.8 Å².